The number of aliphatic imine (C=N–C) groups is 1. The Morgan fingerprint density at radius 3 is 2.57 bits per heavy atom. The van der Waals surface area contributed by atoms with Gasteiger partial charge < -0.3 is 20.3 Å². The van der Waals surface area contributed by atoms with Crippen LogP contribution in [-0.2, 0) is 4.74 Å². The highest BCUT2D eigenvalue weighted by molar-refractivity contribution is 5.78. The Balaban J connectivity index is 1.72. The van der Waals surface area contributed by atoms with Crippen molar-refractivity contribution in [3.05, 3.63) is 42.7 Å². The SMILES string of the molecule is C=CCCOCCN=C(N)N1CCN(c2ccc(F)cc2)CC1. The minimum Gasteiger partial charge on any atom is -0.379 e. The maximum atomic E-state index is 13.0. The zero-order valence-corrected chi connectivity index (χ0v) is 13.5. The molecule has 1 aromatic rings. The van der Waals surface area contributed by atoms with E-state index in [1.807, 2.05) is 18.2 Å². The van der Waals surface area contributed by atoms with E-state index in [9.17, 15) is 4.39 Å². The largest absolute Gasteiger partial charge is 0.379 e. The molecule has 0 amide bonds. The molecule has 0 spiro atoms. The fraction of sp³-hybridized carbons (Fsp3) is 0.471. The summed E-state index contributed by atoms with van der Waals surface area (Å²) in [5.41, 5.74) is 7.07. The van der Waals surface area contributed by atoms with Crippen molar-refractivity contribution in [1.82, 2.24) is 4.90 Å². The van der Waals surface area contributed by atoms with Crippen molar-refractivity contribution in [3.8, 4) is 0 Å². The van der Waals surface area contributed by atoms with Gasteiger partial charge in [0.15, 0.2) is 5.96 Å². The maximum absolute atomic E-state index is 13.0. The highest BCUT2D eigenvalue weighted by Crippen LogP contribution is 2.16. The molecule has 0 unspecified atom stereocenters. The highest BCUT2D eigenvalue weighted by atomic mass is 19.1. The first-order chi connectivity index (χ1) is 11.2. The molecule has 2 N–H and O–H groups in total. The van der Waals surface area contributed by atoms with Gasteiger partial charge in [0.2, 0.25) is 0 Å². The number of nitrogens with two attached hydrogens (primary N) is 1. The van der Waals surface area contributed by atoms with Crippen LogP contribution in [0.25, 0.3) is 0 Å². The number of guanidine groups is 1. The number of ether oxygens (including phenoxy) is 1. The Morgan fingerprint density at radius 1 is 1.22 bits per heavy atom. The molecule has 126 valence electrons. The van der Waals surface area contributed by atoms with Crippen molar-refractivity contribution in [2.75, 3.05) is 50.8 Å². The molecule has 23 heavy (non-hydrogen) atoms. The van der Waals surface area contributed by atoms with Crippen LogP contribution in [0.2, 0.25) is 0 Å². The Kier molecular flexibility index (Phi) is 6.87. The molecule has 1 aliphatic heterocycles. The van der Waals surface area contributed by atoms with Gasteiger partial charge in [0.1, 0.15) is 5.82 Å². The number of anilines is 1. The average molecular weight is 320 g/mol. The summed E-state index contributed by atoms with van der Waals surface area (Å²) in [5, 5.41) is 0. The number of halogens is 1. The summed E-state index contributed by atoms with van der Waals surface area (Å²) in [6.45, 7) is 8.77. The highest BCUT2D eigenvalue weighted by Gasteiger charge is 2.18. The van der Waals surface area contributed by atoms with Gasteiger partial charge in [0.05, 0.1) is 19.8 Å². The van der Waals surface area contributed by atoms with Crippen molar-refractivity contribution in [2.24, 2.45) is 10.7 Å². The summed E-state index contributed by atoms with van der Waals surface area (Å²) >= 11 is 0. The normalized spacial score (nSPS) is 15.8. The molecular formula is C17H25FN4O. The molecule has 1 heterocycles. The zero-order chi connectivity index (χ0) is 16.5. The number of hydrogen-bond acceptors (Lipinski definition) is 3. The number of nitrogens with zero attached hydrogens (tertiary/aromatic N) is 3. The second-order valence-corrected chi connectivity index (χ2v) is 5.38. The Bertz CT molecular complexity index is 510. The van der Waals surface area contributed by atoms with Crippen LogP contribution in [-0.4, -0.2) is 56.8 Å². The van der Waals surface area contributed by atoms with Gasteiger partial charge in [-0.2, -0.15) is 0 Å². The molecule has 0 radical (unpaired) electrons. The first-order valence-electron chi connectivity index (χ1n) is 7.94. The predicted octanol–water partition coefficient (Wildman–Crippen LogP) is 1.86. The summed E-state index contributed by atoms with van der Waals surface area (Å²) < 4.78 is 18.4. The van der Waals surface area contributed by atoms with Crippen LogP contribution in [0.5, 0.6) is 0 Å². The smallest absolute Gasteiger partial charge is 0.191 e. The maximum Gasteiger partial charge on any atom is 0.191 e. The molecule has 2 rings (SSSR count). The van der Waals surface area contributed by atoms with E-state index in [0.29, 0.717) is 25.7 Å². The van der Waals surface area contributed by atoms with Gasteiger partial charge in [-0.1, -0.05) is 6.08 Å². The second-order valence-electron chi connectivity index (χ2n) is 5.38. The van der Waals surface area contributed by atoms with E-state index in [1.54, 1.807) is 0 Å². The number of benzene rings is 1. The summed E-state index contributed by atoms with van der Waals surface area (Å²) in [6.07, 6.45) is 2.68. The van der Waals surface area contributed by atoms with Crippen molar-refractivity contribution in [3.63, 3.8) is 0 Å². The van der Waals surface area contributed by atoms with Crippen LogP contribution in [0.1, 0.15) is 6.42 Å². The molecule has 0 aromatic heterocycles. The van der Waals surface area contributed by atoms with Crippen LogP contribution < -0.4 is 10.6 Å². The summed E-state index contributed by atoms with van der Waals surface area (Å²) in [4.78, 5) is 8.65. The third-order valence-electron chi connectivity index (χ3n) is 3.77. The first kappa shape index (κ1) is 17.3. The first-order valence-corrected chi connectivity index (χ1v) is 7.94. The molecule has 1 fully saturated rings. The Hall–Kier alpha value is -2.08. The van der Waals surface area contributed by atoms with Crippen molar-refractivity contribution < 1.29 is 9.13 Å². The topological polar surface area (TPSA) is 54.1 Å². The van der Waals surface area contributed by atoms with Gasteiger partial charge in [-0.05, 0) is 30.7 Å². The molecule has 5 nitrogen and oxygen atoms in total. The molecule has 0 saturated carbocycles. The molecule has 0 aliphatic carbocycles. The molecule has 1 aliphatic rings. The second kappa shape index (κ2) is 9.15. The zero-order valence-electron chi connectivity index (χ0n) is 13.5. The van der Waals surface area contributed by atoms with Crippen LogP contribution in [0.3, 0.4) is 0 Å². The van der Waals surface area contributed by atoms with Gasteiger partial charge >= 0.3 is 0 Å². The summed E-state index contributed by atoms with van der Waals surface area (Å²) in [7, 11) is 0. The summed E-state index contributed by atoms with van der Waals surface area (Å²) in [6, 6.07) is 6.60. The van der Waals surface area contributed by atoms with Gasteiger partial charge in [-0.3, -0.25) is 4.99 Å². The van der Waals surface area contributed by atoms with Crippen LogP contribution in [0, 0.1) is 5.82 Å². The van der Waals surface area contributed by atoms with Crippen molar-refractivity contribution in [1.29, 1.82) is 0 Å². The van der Waals surface area contributed by atoms with E-state index >= 15 is 0 Å². The molecule has 0 bridgehead atoms. The average Bonchev–Trinajstić information content (AvgIpc) is 2.58. The molecule has 6 heteroatoms. The minimum atomic E-state index is -0.209. The lowest BCUT2D eigenvalue weighted by molar-refractivity contribution is 0.146. The lowest BCUT2D eigenvalue weighted by Gasteiger charge is -2.36. The number of piperazine rings is 1. The third-order valence-corrected chi connectivity index (χ3v) is 3.77. The fourth-order valence-electron chi connectivity index (χ4n) is 2.44. The van der Waals surface area contributed by atoms with Gasteiger partial charge in [-0.15, -0.1) is 6.58 Å². The van der Waals surface area contributed by atoms with E-state index in [0.717, 1.165) is 38.3 Å². The van der Waals surface area contributed by atoms with E-state index in [2.05, 4.69) is 21.4 Å². The molecular weight excluding hydrogens is 295 g/mol. The van der Waals surface area contributed by atoms with E-state index in [1.165, 1.54) is 12.1 Å². The lowest BCUT2D eigenvalue weighted by Crippen LogP contribution is -2.51. The molecule has 1 aromatic carbocycles. The van der Waals surface area contributed by atoms with E-state index in [4.69, 9.17) is 10.5 Å². The van der Waals surface area contributed by atoms with Crippen LogP contribution in [0.15, 0.2) is 41.9 Å². The number of hydrogen-bond donors (Lipinski definition) is 1. The summed E-state index contributed by atoms with van der Waals surface area (Å²) in [5.74, 6) is 0.357. The molecule has 0 atom stereocenters. The van der Waals surface area contributed by atoms with Gasteiger partial charge in [0, 0.05) is 31.9 Å². The van der Waals surface area contributed by atoms with E-state index in [-0.39, 0.29) is 5.82 Å². The minimum absolute atomic E-state index is 0.209. The predicted molar refractivity (Wildman–Crippen MR) is 92.3 cm³/mol. The number of rotatable bonds is 7. The fourth-order valence-corrected chi connectivity index (χ4v) is 2.44. The standard InChI is InChI=1S/C17H25FN4O/c1-2-3-13-23-14-8-20-17(19)22-11-9-21(10-12-22)16-6-4-15(18)5-7-16/h2,4-7H,1,3,8-14H2,(H2,19,20). The Morgan fingerprint density at radius 2 is 1.91 bits per heavy atom. The van der Waals surface area contributed by atoms with Crippen LogP contribution >= 0.6 is 0 Å². The van der Waals surface area contributed by atoms with Gasteiger partial charge in [-0.25, -0.2) is 4.39 Å². The molecule has 1 saturated heterocycles. The van der Waals surface area contributed by atoms with Crippen LogP contribution in [0.4, 0.5) is 10.1 Å². The lowest BCUT2D eigenvalue weighted by atomic mass is 10.2. The quantitative estimate of drug-likeness (QED) is 0.361. The van der Waals surface area contributed by atoms with E-state index < -0.39 is 0 Å². The van der Waals surface area contributed by atoms with Crippen molar-refractivity contribution in [2.45, 2.75) is 6.42 Å². The van der Waals surface area contributed by atoms with Crippen molar-refractivity contribution >= 4 is 11.6 Å². The third kappa shape index (κ3) is 5.56. The van der Waals surface area contributed by atoms with Gasteiger partial charge in [0.25, 0.3) is 0 Å². The Labute approximate surface area is 137 Å². The monoisotopic (exact) mass is 320 g/mol.